The van der Waals surface area contributed by atoms with Gasteiger partial charge in [0.1, 0.15) is 24.5 Å². The Hall–Kier alpha value is -2.54. The molecule has 0 aromatic heterocycles. The molecule has 0 aliphatic carbocycles. The number of hydrogen-bond acceptors (Lipinski definition) is 6. The van der Waals surface area contributed by atoms with Gasteiger partial charge in [0.2, 0.25) is 0 Å². The van der Waals surface area contributed by atoms with Crippen LogP contribution in [0.1, 0.15) is 34.6 Å². The van der Waals surface area contributed by atoms with Gasteiger partial charge in [0.05, 0.1) is 12.2 Å². The summed E-state index contributed by atoms with van der Waals surface area (Å²) in [4.78, 5) is 40.0. The first-order valence-corrected chi connectivity index (χ1v) is 6.98. The smallest absolute Gasteiger partial charge is 0.335 e. The van der Waals surface area contributed by atoms with Crippen molar-refractivity contribution in [1.29, 1.82) is 0 Å². The molecular formula is C16H19NO6. The van der Waals surface area contributed by atoms with Crippen molar-refractivity contribution in [3.05, 3.63) is 35.4 Å². The number of carboxylic acid groups (broad SMARTS) is 1. The van der Waals surface area contributed by atoms with Crippen molar-refractivity contribution in [2.45, 2.75) is 13.8 Å². The summed E-state index contributed by atoms with van der Waals surface area (Å²) in [5.41, 5.74) is 0.450. The standard InChI is InChI=1S/C16H19NO6/c1-4-23-9-13(17-22-3)14(10(2)18)15(19)11-5-7-12(8-6-11)16(20)21/h5-8,14H,4,9H2,1-3H3,(H,20,21). The second-order valence-corrected chi connectivity index (χ2v) is 4.69. The van der Waals surface area contributed by atoms with Gasteiger partial charge < -0.3 is 14.7 Å². The highest BCUT2D eigenvalue weighted by molar-refractivity contribution is 6.25. The van der Waals surface area contributed by atoms with Gasteiger partial charge in [-0.25, -0.2) is 4.79 Å². The Balaban J connectivity index is 3.12. The topological polar surface area (TPSA) is 102 Å². The minimum atomic E-state index is -1.13. The largest absolute Gasteiger partial charge is 0.478 e. The van der Waals surface area contributed by atoms with Crippen LogP contribution in [0.5, 0.6) is 0 Å². The fourth-order valence-electron chi connectivity index (χ4n) is 2.00. The summed E-state index contributed by atoms with van der Waals surface area (Å²) < 4.78 is 5.22. The van der Waals surface area contributed by atoms with Crippen LogP contribution in [-0.2, 0) is 14.4 Å². The van der Waals surface area contributed by atoms with Gasteiger partial charge in [-0.2, -0.15) is 0 Å². The molecule has 7 nitrogen and oxygen atoms in total. The van der Waals surface area contributed by atoms with Crippen LogP contribution in [0.3, 0.4) is 0 Å². The van der Waals surface area contributed by atoms with Crippen molar-refractivity contribution in [2.75, 3.05) is 20.3 Å². The number of ketones is 2. The molecule has 0 bridgehead atoms. The van der Waals surface area contributed by atoms with Crippen molar-refractivity contribution in [1.82, 2.24) is 0 Å². The van der Waals surface area contributed by atoms with Crippen molar-refractivity contribution in [3.8, 4) is 0 Å². The summed E-state index contributed by atoms with van der Waals surface area (Å²) >= 11 is 0. The number of rotatable bonds is 9. The van der Waals surface area contributed by atoms with E-state index in [2.05, 4.69) is 5.16 Å². The second-order valence-electron chi connectivity index (χ2n) is 4.69. The number of benzene rings is 1. The van der Waals surface area contributed by atoms with Gasteiger partial charge in [0.15, 0.2) is 5.78 Å². The normalized spacial score (nSPS) is 12.6. The molecule has 124 valence electrons. The highest BCUT2D eigenvalue weighted by Crippen LogP contribution is 2.15. The first kappa shape index (κ1) is 18.5. The maximum absolute atomic E-state index is 12.6. The molecule has 0 amide bonds. The summed E-state index contributed by atoms with van der Waals surface area (Å²) in [6.07, 6.45) is 0. The fraction of sp³-hybridized carbons (Fsp3) is 0.375. The Morgan fingerprint density at radius 3 is 2.17 bits per heavy atom. The molecule has 1 atom stereocenters. The quantitative estimate of drug-likeness (QED) is 0.322. The SMILES string of the molecule is CCOCC(=NOC)C(C(C)=O)C(=O)c1ccc(C(=O)O)cc1. The van der Waals surface area contributed by atoms with E-state index >= 15 is 0 Å². The van der Waals surface area contributed by atoms with Crippen LogP contribution in [0, 0.1) is 5.92 Å². The third kappa shape index (κ3) is 5.00. The van der Waals surface area contributed by atoms with E-state index in [0.29, 0.717) is 6.61 Å². The molecule has 1 aromatic carbocycles. The molecule has 0 fully saturated rings. The van der Waals surface area contributed by atoms with Crippen LogP contribution in [0.25, 0.3) is 0 Å². The van der Waals surface area contributed by atoms with E-state index in [1.54, 1.807) is 6.92 Å². The molecule has 0 saturated carbocycles. The lowest BCUT2D eigenvalue weighted by Crippen LogP contribution is -2.33. The number of nitrogens with zero attached hydrogens (tertiary/aromatic N) is 1. The predicted octanol–water partition coefficient (Wildman–Crippen LogP) is 1.81. The van der Waals surface area contributed by atoms with E-state index < -0.39 is 23.5 Å². The van der Waals surface area contributed by atoms with Crippen molar-refractivity contribution in [2.24, 2.45) is 11.1 Å². The third-order valence-electron chi connectivity index (χ3n) is 3.08. The molecule has 0 aliphatic rings. The molecule has 1 aromatic rings. The molecule has 0 radical (unpaired) electrons. The van der Waals surface area contributed by atoms with Gasteiger partial charge in [0.25, 0.3) is 0 Å². The van der Waals surface area contributed by atoms with Crippen LogP contribution in [0.15, 0.2) is 29.4 Å². The third-order valence-corrected chi connectivity index (χ3v) is 3.08. The van der Waals surface area contributed by atoms with Crippen molar-refractivity contribution >= 4 is 23.2 Å². The fourth-order valence-corrected chi connectivity index (χ4v) is 2.00. The molecule has 23 heavy (non-hydrogen) atoms. The Morgan fingerprint density at radius 2 is 1.74 bits per heavy atom. The summed E-state index contributed by atoms with van der Waals surface area (Å²) in [6, 6.07) is 5.35. The van der Waals surface area contributed by atoms with E-state index in [-0.39, 0.29) is 23.4 Å². The number of aromatic carboxylic acids is 1. The van der Waals surface area contributed by atoms with E-state index in [1.165, 1.54) is 38.3 Å². The Bertz CT molecular complexity index is 606. The van der Waals surface area contributed by atoms with Gasteiger partial charge >= 0.3 is 5.97 Å². The zero-order chi connectivity index (χ0) is 17.4. The van der Waals surface area contributed by atoms with Crippen LogP contribution in [-0.4, -0.2) is 48.7 Å². The number of carbonyl (C=O) groups is 3. The van der Waals surface area contributed by atoms with Crippen LogP contribution < -0.4 is 0 Å². The number of carbonyl (C=O) groups excluding carboxylic acids is 2. The van der Waals surface area contributed by atoms with E-state index in [1.807, 2.05) is 0 Å². The molecular weight excluding hydrogens is 302 g/mol. The minimum absolute atomic E-state index is 0.00641. The summed E-state index contributed by atoms with van der Waals surface area (Å²) in [7, 11) is 1.31. The number of hydrogen-bond donors (Lipinski definition) is 1. The van der Waals surface area contributed by atoms with E-state index in [0.717, 1.165) is 0 Å². The minimum Gasteiger partial charge on any atom is -0.478 e. The molecule has 0 aliphatic heterocycles. The summed E-state index contributed by atoms with van der Waals surface area (Å²) in [5.74, 6) is -3.10. The van der Waals surface area contributed by atoms with Crippen molar-refractivity contribution < 1.29 is 29.1 Å². The maximum Gasteiger partial charge on any atom is 0.335 e. The highest BCUT2D eigenvalue weighted by atomic mass is 16.6. The number of Topliss-reactive ketones (excluding diaryl/α,β-unsaturated/α-hetero) is 2. The first-order valence-electron chi connectivity index (χ1n) is 6.98. The molecule has 0 spiro atoms. The van der Waals surface area contributed by atoms with E-state index in [9.17, 15) is 14.4 Å². The second kappa shape index (κ2) is 8.79. The summed E-state index contributed by atoms with van der Waals surface area (Å²) in [5, 5.41) is 12.6. The Morgan fingerprint density at radius 1 is 1.17 bits per heavy atom. The predicted molar refractivity (Wildman–Crippen MR) is 82.8 cm³/mol. The lowest BCUT2D eigenvalue weighted by Gasteiger charge is -2.15. The van der Waals surface area contributed by atoms with Gasteiger partial charge in [-0.05, 0) is 26.0 Å². The lowest BCUT2D eigenvalue weighted by atomic mass is 9.90. The molecule has 0 heterocycles. The maximum atomic E-state index is 12.6. The summed E-state index contributed by atoms with van der Waals surface area (Å²) in [6.45, 7) is 3.45. The lowest BCUT2D eigenvalue weighted by molar-refractivity contribution is -0.117. The number of carboxylic acids is 1. The number of ether oxygens (including phenoxy) is 1. The van der Waals surface area contributed by atoms with Crippen molar-refractivity contribution in [3.63, 3.8) is 0 Å². The average molecular weight is 321 g/mol. The molecule has 1 rings (SSSR count). The molecule has 7 heteroatoms. The molecule has 0 saturated heterocycles. The molecule has 1 unspecified atom stereocenters. The molecule has 1 N–H and O–H groups in total. The van der Waals surface area contributed by atoms with Gasteiger partial charge in [-0.3, -0.25) is 9.59 Å². The zero-order valence-electron chi connectivity index (χ0n) is 13.2. The van der Waals surface area contributed by atoms with Gasteiger partial charge in [0, 0.05) is 12.2 Å². The highest BCUT2D eigenvalue weighted by Gasteiger charge is 2.30. The van der Waals surface area contributed by atoms with Gasteiger partial charge in [-0.15, -0.1) is 0 Å². The van der Waals surface area contributed by atoms with Crippen LogP contribution >= 0.6 is 0 Å². The van der Waals surface area contributed by atoms with E-state index in [4.69, 9.17) is 14.7 Å². The monoisotopic (exact) mass is 321 g/mol. The Kier molecular flexibility index (Phi) is 7.08. The van der Waals surface area contributed by atoms with Gasteiger partial charge in [-0.1, -0.05) is 17.3 Å². The van der Waals surface area contributed by atoms with Crippen LogP contribution in [0.2, 0.25) is 0 Å². The Labute approximate surface area is 133 Å². The number of oxime groups is 1. The first-order chi connectivity index (χ1) is 10.9. The average Bonchev–Trinajstić information content (AvgIpc) is 2.52. The van der Waals surface area contributed by atoms with Crippen LogP contribution in [0.4, 0.5) is 0 Å². The zero-order valence-corrected chi connectivity index (χ0v) is 13.2.